The smallest absolute Gasteiger partial charge is 0.413 e. The fraction of sp³-hybridized carbons (Fsp3) is 0.300. The van der Waals surface area contributed by atoms with E-state index in [-0.39, 0.29) is 0 Å². The molecule has 1 aromatic carbocycles. The molecule has 0 saturated carbocycles. The van der Waals surface area contributed by atoms with Crippen LogP contribution in [0.3, 0.4) is 0 Å². The molecule has 0 radical (unpaired) electrons. The average molecular weight is 230 g/mol. The van der Waals surface area contributed by atoms with Crippen LogP contribution in [0, 0.1) is 0 Å². The highest BCUT2D eigenvalue weighted by molar-refractivity contribution is 6.33. The van der Waals surface area contributed by atoms with E-state index in [1.165, 1.54) is 7.11 Å². The van der Waals surface area contributed by atoms with E-state index in [4.69, 9.17) is 21.4 Å². The Bertz CT molecular complexity index is 356. The number of benzene rings is 1. The maximum atomic E-state index is 11.0. The number of ether oxygens (including phenoxy) is 1. The summed E-state index contributed by atoms with van der Waals surface area (Å²) < 4.78 is 4.97. The van der Waals surface area contributed by atoms with Gasteiger partial charge in [-0.2, -0.15) is 0 Å². The number of hydrogen-bond donors (Lipinski definition) is 1. The maximum absolute atomic E-state index is 11.0. The molecule has 0 fully saturated rings. The van der Waals surface area contributed by atoms with Crippen LogP contribution >= 0.6 is 11.6 Å². The van der Waals surface area contributed by atoms with E-state index in [1.807, 2.05) is 0 Å². The second-order valence-electron chi connectivity index (χ2n) is 2.94. The minimum atomic E-state index is -1.10. The third-order valence-corrected chi connectivity index (χ3v) is 2.34. The molecule has 0 bridgehead atoms. The summed E-state index contributed by atoms with van der Waals surface area (Å²) in [6.07, 6.45) is -1.68. The van der Waals surface area contributed by atoms with Crippen LogP contribution in [0.25, 0.3) is 0 Å². The van der Waals surface area contributed by atoms with Crippen molar-refractivity contribution >= 4 is 23.4 Å². The summed E-state index contributed by atoms with van der Waals surface area (Å²) in [6.45, 7) is 1.64. The zero-order valence-electron chi connectivity index (χ0n) is 8.48. The normalized spacial score (nSPS) is 12.2. The van der Waals surface area contributed by atoms with Crippen LogP contribution in [0.4, 0.5) is 10.5 Å². The molecular formula is C10H12ClNO3. The minimum Gasteiger partial charge on any atom is -0.465 e. The molecule has 1 amide bonds. The first-order valence-corrected chi connectivity index (χ1v) is 4.75. The molecule has 0 heterocycles. The number of rotatable bonds is 3. The summed E-state index contributed by atoms with van der Waals surface area (Å²) in [5, 5.41) is 9.42. The topological polar surface area (TPSA) is 49.8 Å². The molecule has 0 aromatic heterocycles. The molecule has 1 N–H and O–H groups in total. The molecule has 0 saturated heterocycles. The van der Waals surface area contributed by atoms with Gasteiger partial charge in [0.25, 0.3) is 0 Å². The van der Waals surface area contributed by atoms with Crippen molar-refractivity contribution in [1.82, 2.24) is 0 Å². The quantitative estimate of drug-likeness (QED) is 0.811. The number of para-hydroxylation sites is 1. The van der Waals surface area contributed by atoms with Gasteiger partial charge >= 0.3 is 6.09 Å². The number of nitrogens with zero attached hydrogens (tertiary/aromatic N) is 1. The van der Waals surface area contributed by atoms with Gasteiger partial charge in [0, 0.05) is 7.11 Å². The van der Waals surface area contributed by atoms with Crippen LogP contribution in [0.2, 0.25) is 5.02 Å². The predicted molar refractivity (Wildman–Crippen MR) is 58.4 cm³/mol. The van der Waals surface area contributed by atoms with Gasteiger partial charge in [0.15, 0.2) is 0 Å². The lowest BCUT2D eigenvalue weighted by atomic mass is 10.3. The lowest BCUT2D eigenvalue weighted by Crippen LogP contribution is -2.38. The lowest BCUT2D eigenvalue weighted by molar-refractivity contribution is 0.108. The molecule has 0 aliphatic heterocycles. The van der Waals surface area contributed by atoms with E-state index in [2.05, 4.69) is 0 Å². The Morgan fingerprint density at radius 1 is 1.53 bits per heavy atom. The molecule has 1 unspecified atom stereocenters. The van der Waals surface area contributed by atoms with Gasteiger partial charge in [0.2, 0.25) is 0 Å². The standard InChI is InChI=1S/C10H12ClNO3/c1-7(15-2)12(10(13)14)9-6-4-3-5-8(9)11/h3-7H,1-2H3,(H,13,14). The highest BCUT2D eigenvalue weighted by atomic mass is 35.5. The molecule has 4 nitrogen and oxygen atoms in total. The molecule has 0 aliphatic carbocycles. The van der Waals surface area contributed by atoms with Gasteiger partial charge < -0.3 is 9.84 Å². The Morgan fingerprint density at radius 3 is 2.60 bits per heavy atom. The summed E-state index contributed by atoms with van der Waals surface area (Å²) in [5.41, 5.74) is 0.418. The fourth-order valence-corrected chi connectivity index (χ4v) is 1.43. The van der Waals surface area contributed by atoms with E-state index < -0.39 is 12.3 Å². The Morgan fingerprint density at radius 2 is 2.13 bits per heavy atom. The summed E-state index contributed by atoms with van der Waals surface area (Å²) in [6, 6.07) is 6.73. The van der Waals surface area contributed by atoms with Gasteiger partial charge in [-0.05, 0) is 19.1 Å². The van der Waals surface area contributed by atoms with E-state index in [9.17, 15) is 4.79 Å². The minimum absolute atomic E-state index is 0.379. The molecule has 1 aromatic rings. The van der Waals surface area contributed by atoms with Gasteiger partial charge in [-0.25, -0.2) is 4.79 Å². The molecule has 0 aliphatic rings. The van der Waals surface area contributed by atoms with E-state index in [1.54, 1.807) is 31.2 Å². The molecule has 15 heavy (non-hydrogen) atoms. The lowest BCUT2D eigenvalue weighted by Gasteiger charge is -2.25. The Balaban J connectivity index is 3.10. The largest absolute Gasteiger partial charge is 0.465 e. The van der Waals surface area contributed by atoms with Crippen molar-refractivity contribution in [1.29, 1.82) is 0 Å². The number of hydrogen-bond acceptors (Lipinski definition) is 2. The predicted octanol–water partition coefficient (Wildman–Crippen LogP) is 2.82. The molecule has 1 atom stereocenters. The van der Waals surface area contributed by atoms with Crippen LogP contribution in [-0.4, -0.2) is 24.5 Å². The number of methoxy groups -OCH3 is 1. The van der Waals surface area contributed by atoms with Crippen LogP contribution < -0.4 is 4.90 Å². The zero-order chi connectivity index (χ0) is 11.4. The fourth-order valence-electron chi connectivity index (χ4n) is 1.21. The van der Waals surface area contributed by atoms with Crippen molar-refractivity contribution in [2.45, 2.75) is 13.2 Å². The average Bonchev–Trinajstić information content (AvgIpc) is 2.20. The van der Waals surface area contributed by atoms with Crippen molar-refractivity contribution in [2.75, 3.05) is 12.0 Å². The van der Waals surface area contributed by atoms with Crippen LogP contribution in [0.1, 0.15) is 6.92 Å². The van der Waals surface area contributed by atoms with Crippen LogP contribution in [0.15, 0.2) is 24.3 Å². The van der Waals surface area contributed by atoms with Gasteiger partial charge in [0.1, 0.15) is 6.23 Å². The number of carboxylic acid groups (broad SMARTS) is 1. The monoisotopic (exact) mass is 229 g/mol. The third kappa shape index (κ3) is 2.61. The first kappa shape index (κ1) is 11.8. The number of anilines is 1. The Kier molecular flexibility index (Phi) is 3.94. The summed E-state index contributed by atoms with van der Waals surface area (Å²) >= 11 is 5.90. The number of halogens is 1. The highest BCUT2D eigenvalue weighted by Gasteiger charge is 2.22. The van der Waals surface area contributed by atoms with Crippen molar-refractivity contribution in [3.05, 3.63) is 29.3 Å². The first-order chi connectivity index (χ1) is 7.07. The van der Waals surface area contributed by atoms with Crippen molar-refractivity contribution < 1.29 is 14.6 Å². The van der Waals surface area contributed by atoms with Gasteiger partial charge in [-0.1, -0.05) is 23.7 Å². The highest BCUT2D eigenvalue weighted by Crippen LogP contribution is 2.26. The van der Waals surface area contributed by atoms with E-state index in [0.717, 1.165) is 4.90 Å². The Hall–Kier alpha value is -1.26. The van der Waals surface area contributed by atoms with Crippen molar-refractivity contribution in [3.8, 4) is 0 Å². The van der Waals surface area contributed by atoms with Crippen molar-refractivity contribution in [3.63, 3.8) is 0 Å². The summed E-state index contributed by atoms with van der Waals surface area (Å²) in [5.74, 6) is 0. The van der Waals surface area contributed by atoms with Crippen LogP contribution in [-0.2, 0) is 4.74 Å². The van der Waals surface area contributed by atoms with Gasteiger partial charge in [-0.3, -0.25) is 4.90 Å². The molecule has 1 rings (SSSR count). The first-order valence-electron chi connectivity index (χ1n) is 4.37. The van der Waals surface area contributed by atoms with E-state index >= 15 is 0 Å². The second-order valence-corrected chi connectivity index (χ2v) is 3.35. The summed E-state index contributed by atoms with van der Waals surface area (Å²) in [4.78, 5) is 12.1. The molecular weight excluding hydrogens is 218 g/mol. The van der Waals surface area contributed by atoms with Gasteiger partial charge in [0.05, 0.1) is 10.7 Å². The zero-order valence-corrected chi connectivity index (χ0v) is 9.23. The van der Waals surface area contributed by atoms with Crippen LogP contribution in [0.5, 0.6) is 0 Å². The van der Waals surface area contributed by atoms with E-state index in [0.29, 0.717) is 10.7 Å². The second kappa shape index (κ2) is 5.00. The molecule has 5 heteroatoms. The SMILES string of the molecule is COC(C)N(C(=O)O)c1ccccc1Cl. The molecule has 0 spiro atoms. The molecule has 82 valence electrons. The Labute approximate surface area is 93.0 Å². The summed E-state index contributed by atoms with van der Waals surface area (Å²) in [7, 11) is 1.44. The number of amides is 1. The van der Waals surface area contributed by atoms with Gasteiger partial charge in [-0.15, -0.1) is 0 Å². The number of carbonyl (C=O) groups is 1. The van der Waals surface area contributed by atoms with Crippen molar-refractivity contribution in [2.24, 2.45) is 0 Å². The maximum Gasteiger partial charge on any atom is 0.413 e. The third-order valence-electron chi connectivity index (χ3n) is 2.02.